The zero-order chi connectivity index (χ0) is 17.8. The third-order valence-electron chi connectivity index (χ3n) is 3.73. The van der Waals surface area contributed by atoms with Gasteiger partial charge in [0.2, 0.25) is 0 Å². The third-order valence-corrected chi connectivity index (χ3v) is 4.06. The number of hydrogen-bond acceptors (Lipinski definition) is 5. The van der Waals surface area contributed by atoms with Crippen LogP contribution in [0, 0.1) is 0 Å². The van der Waals surface area contributed by atoms with Crippen molar-refractivity contribution in [3.63, 3.8) is 0 Å². The van der Waals surface area contributed by atoms with Gasteiger partial charge in [-0.2, -0.15) is 5.10 Å². The lowest BCUT2D eigenvalue weighted by molar-refractivity contribution is 0.0601. The lowest BCUT2D eigenvalue weighted by Crippen LogP contribution is -2.02. The van der Waals surface area contributed by atoms with Gasteiger partial charge in [-0.05, 0) is 29.8 Å². The van der Waals surface area contributed by atoms with Crippen LogP contribution in [-0.2, 0) is 11.3 Å². The summed E-state index contributed by atoms with van der Waals surface area (Å²) >= 11 is 6.11. The molecule has 3 rings (SSSR count). The topological polar surface area (TPSA) is 77.2 Å². The zero-order valence-electron chi connectivity index (χ0n) is 13.5. The predicted octanol–water partition coefficient (Wildman–Crippen LogP) is 3.04. The standard InChI is InChI=1S/C18H16ClN3O3/c1-25-18(24)14-10-13(2-3-16(14)19)15-11-22(8-9-23)21-17(15)12-4-6-20-7-5-12/h2-7,10-11,23H,8-9H2,1H3. The van der Waals surface area contributed by atoms with E-state index >= 15 is 0 Å². The average molecular weight is 358 g/mol. The van der Waals surface area contributed by atoms with Crippen molar-refractivity contribution in [3.8, 4) is 22.4 Å². The Morgan fingerprint density at radius 1 is 1.24 bits per heavy atom. The summed E-state index contributed by atoms with van der Waals surface area (Å²) in [7, 11) is 1.31. The maximum Gasteiger partial charge on any atom is 0.339 e. The van der Waals surface area contributed by atoms with Gasteiger partial charge in [0.15, 0.2) is 0 Å². The van der Waals surface area contributed by atoms with Gasteiger partial charge in [-0.1, -0.05) is 17.7 Å². The van der Waals surface area contributed by atoms with Crippen molar-refractivity contribution < 1.29 is 14.6 Å². The van der Waals surface area contributed by atoms with E-state index in [0.29, 0.717) is 11.6 Å². The molecule has 0 saturated heterocycles. The summed E-state index contributed by atoms with van der Waals surface area (Å²) in [6.45, 7) is 0.348. The molecular formula is C18H16ClN3O3. The number of esters is 1. The lowest BCUT2D eigenvalue weighted by atomic mass is 10.0. The molecule has 0 radical (unpaired) electrons. The largest absolute Gasteiger partial charge is 0.465 e. The van der Waals surface area contributed by atoms with Gasteiger partial charge in [0.25, 0.3) is 0 Å². The van der Waals surface area contributed by atoms with E-state index in [1.807, 2.05) is 24.4 Å². The van der Waals surface area contributed by atoms with E-state index in [9.17, 15) is 9.90 Å². The molecule has 1 aromatic carbocycles. The fourth-order valence-electron chi connectivity index (χ4n) is 2.53. The number of hydrogen-bond donors (Lipinski definition) is 1. The fourth-order valence-corrected chi connectivity index (χ4v) is 2.73. The molecule has 0 aliphatic carbocycles. The quantitative estimate of drug-likeness (QED) is 0.710. The first-order chi connectivity index (χ1) is 12.1. The van der Waals surface area contributed by atoms with Gasteiger partial charge in [-0.25, -0.2) is 4.79 Å². The smallest absolute Gasteiger partial charge is 0.339 e. The predicted molar refractivity (Wildman–Crippen MR) is 94.3 cm³/mol. The average Bonchev–Trinajstić information content (AvgIpc) is 3.06. The fraction of sp³-hybridized carbons (Fsp3) is 0.167. The van der Waals surface area contributed by atoms with E-state index in [1.165, 1.54) is 7.11 Å². The van der Waals surface area contributed by atoms with Gasteiger partial charge in [0.05, 0.1) is 30.8 Å². The number of pyridine rings is 1. The minimum atomic E-state index is -0.500. The van der Waals surface area contributed by atoms with Gasteiger partial charge < -0.3 is 9.84 Å². The number of methoxy groups -OCH3 is 1. The highest BCUT2D eigenvalue weighted by atomic mass is 35.5. The summed E-state index contributed by atoms with van der Waals surface area (Å²) in [5.74, 6) is -0.500. The number of aromatic nitrogens is 3. The monoisotopic (exact) mass is 357 g/mol. The second-order valence-corrected chi connectivity index (χ2v) is 5.71. The second kappa shape index (κ2) is 7.46. The van der Waals surface area contributed by atoms with E-state index in [-0.39, 0.29) is 12.2 Å². The van der Waals surface area contributed by atoms with Crippen molar-refractivity contribution in [2.24, 2.45) is 0 Å². The first kappa shape index (κ1) is 17.1. The first-order valence-electron chi connectivity index (χ1n) is 7.61. The molecule has 128 valence electrons. The Morgan fingerprint density at radius 2 is 2.00 bits per heavy atom. The molecular weight excluding hydrogens is 342 g/mol. The van der Waals surface area contributed by atoms with E-state index in [0.717, 1.165) is 22.4 Å². The van der Waals surface area contributed by atoms with Gasteiger partial charge in [0, 0.05) is 29.7 Å². The molecule has 0 aliphatic heterocycles. The molecule has 0 unspecified atom stereocenters. The van der Waals surface area contributed by atoms with Crippen LogP contribution in [0.4, 0.5) is 0 Å². The highest BCUT2D eigenvalue weighted by molar-refractivity contribution is 6.33. The van der Waals surface area contributed by atoms with Crippen molar-refractivity contribution in [1.82, 2.24) is 14.8 Å². The van der Waals surface area contributed by atoms with Crippen LogP contribution in [0.5, 0.6) is 0 Å². The molecule has 7 heteroatoms. The van der Waals surface area contributed by atoms with Crippen LogP contribution in [-0.4, -0.2) is 39.6 Å². The van der Waals surface area contributed by atoms with Crippen molar-refractivity contribution in [2.75, 3.05) is 13.7 Å². The van der Waals surface area contributed by atoms with E-state index in [2.05, 4.69) is 10.1 Å². The summed E-state index contributed by atoms with van der Waals surface area (Å²) in [6, 6.07) is 8.86. The van der Waals surface area contributed by atoms with Gasteiger partial charge in [0.1, 0.15) is 5.69 Å². The number of rotatable bonds is 5. The maximum atomic E-state index is 11.9. The van der Waals surface area contributed by atoms with Gasteiger partial charge in [-0.15, -0.1) is 0 Å². The number of aliphatic hydroxyl groups excluding tert-OH is 1. The molecule has 0 bridgehead atoms. The highest BCUT2D eigenvalue weighted by Gasteiger charge is 2.17. The van der Waals surface area contributed by atoms with Crippen LogP contribution in [0.1, 0.15) is 10.4 Å². The van der Waals surface area contributed by atoms with Crippen LogP contribution < -0.4 is 0 Å². The molecule has 1 N–H and O–H groups in total. The van der Waals surface area contributed by atoms with E-state index < -0.39 is 5.97 Å². The summed E-state index contributed by atoms with van der Waals surface area (Å²) in [5.41, 5.74) is 3.50. The van der Waals surface area contributed by atoms with E-state index in [4.69, 9.17) is 16.3 Å². The van der Waals surface area contributed by atoms with Crippen LogP contribution in [0.2, 0.25) is 5.02 Å². The number of halogens is 1. The molecule has 0 saturated carbocycles. The Labute approximate surface area is 149 Å². The number of carbonyl (C=O) groups is 1. The van der Waals surface area contributed by atoms with Crippen molar-refractivity contribution in [2.45, 2.75) is 6.54 Å². The van der Waals surface area contributed by atoms with E-state index in [1.54, 1.807) is 29.2 Å². The molecule has 0 atom stereocenters. The highest BCUT2D eigenvalue weighted by Crippen LogP contribution is 2.33. The summed E-state index contributed by atoms with van der Waals surface area (Å²) in [6.07, 6.45) is 5.20. The zero-order valence-corrected chi connectivity index (χ0v) is 14.3. The van der Waals surface area contributed by atoms with Crippen LogP contribution in [0.3, 0.4) is 0 Å². The lowest BCUT2D eigenvalue weighted by Gasteiger charge is -2.07. The van der Waals surface area contributed by atoms with Crippen LogP contribution in [0.25, 0.3) is 22.4 Å². The Hall–Kier alpha value is -2.70. The summed E-state index contributed by atoms with van der Waals surface area (Å²) in [5, 5.41) is 14.1. The van der Waals surface area contributed by atoms with Crippen LogP contribution >= 0.6 is 11.6 Å². The number of benzene rings is 1. The molecule has 2 aromatic heterocycles. The van der Waals surface area contributed by atoms with Gasteiger partial charge in [-0.3, -0.25) is 9.67 Å². The van der Waals surface area contributed by atoms with Crippen LogP contribution in [0.15, 0.2) is 48.9 Å². The molecule has 6 nitrogen and oxygen atoms in total. The molecule has 0 fully saturated rings. The number of ether oxygens (including phenoxy) is 1. The summed E-state index contributed by atoms with van der Waals surface area (Å²) < 4.78 is 6.45. The number of aliphatic hydroxyl groups is 1. The summed E-state index contributed by atoms with van der Waals surface area (Å²) in [4.78, 5) is 15.9. The second-order valence-electron chi connectivity index (χ2n) is 5.30. The normalized spacial score (nSPS) is 10.7. The number of nitrogens with zero attached hydrogens (tertiary/aromatic N) is 3. The molecule has 2 heterocycles. The van der Waals surface area contributed by atoms with Crippen molar-refractivity contribution in [1.29, 1.82) is 0 Å². The maximum absolute atomic E-state index is 11.9. The molecule has 0 aliphatic rings. The Bertz CT molecular complexity index is 894. The molecule has 0 amide bonds. The minimum absolute atomic E-state index is 0.0229. The molecule has 25 heavy (non-hydrogen) atoms. The van der Waals surface area contributed by atoms with Crippen molar-refractivity contribution >= 4 is 17.6 Å². The SMILES string of the molecule is COC(=O)c1cc(-c2cn(CCO)nc2-c2ccncc2)ccc1Cl. The van der Waals surface area contributed by atoms with Gasteiger partial charge >= 0.3 is 5.97 Å². The Balaban J connectivity index is 2.15. The molecule has 0 spiro atoms. The number of carbonyl (C=O) groups excluding carboxylic acids is 1. The molecule has 3 aromatic rings. The Morgan fingerprint density at radius 3 is 2.68 bits per heavy atom. The van der Waals surface area contributed by atoms with Crippen molar-refractivity contribution in [3.05, 3.63) is 59.5 Å². The minimum Gasteiger partial charge on any atom is -0.465 e. The Kier molecular flexibility index (Phi) is 5.11. The third kappa shape index (κ3) is 3.55. The first-order valence-corrected chi connectivity index (χ1v) is 7.98.